The first kappa shape index (κ1) is 13.8. The number of benzene rings is 2. The summed E-state index contributed by atoms with van der Waals surface area (Å²) in [7, 11) is 0. The van der Waals surface area contributed by atoms with Gasteiger partial charge in [0.25, 0.3) is 0 Å². The molecule has 0 aliphatic carbocycles. The van der Waals surface area contributed by atoms with E-state index in [-0.39, 0.29) is 5.91 Å². The third-order valence-electron chi connectivity index (χ3n) is 2.41. The van der Waals surface area contributed by atoms with Crippen molar-refractivity contribution in [2.75, 3.05) is 5.32 Å². The van der Waals surface area contributed by atoms with Gasteiger partial charge in [0, 0.05) is 10.5 Å². The van der Waals surface area contributed by atoms with Gasteiger partial charge in [-0.3, -0.25) is 4.79 Å². The summed E-state index contributed by atoms with van der Waals surface area (Å²) in [6.07, 6.45) is 3.22. The van der Waals surface area contributed by atoms with E-state index in [4.69, 9.17) is 11.6 Å². The molecule has 0 fully saturated rings. The average Bonchev–Trinajstić information content (AvgIpc) is 2.39. The van der Waals surface area contributed by atoms with Gasteiger partial charge < -0.3 is 5.32 Å². The predicted octanol–water partition coefficient (Wildman–Crippen LogP) is 4.75. The average molecular weight is 337 g/mol. The van der Waals surface area contributed by atoms with E-state index in [9.17, 15) is 4.79 Å². The molecule has 2 aromatic carbocycles. The van der Waals surface area contributed by atoms with Crippen molar-refractivity contribution < 1.29 is 4.79 Å². The van der Waals surface area contributed by atoms with Crippen molar-refractivity contribution in [3.05, 3.63) is 69.7 Å². The molecule has 0 saturated heterocycles. The van der Waals surface area contributed by atoms with Crippen LogP contribution in [0.3, 0.4) is 0 Å². The predicted molar refractivity (Wildman–Crippen MR) is 83.3 cm³/mol. The van der Waals surface area contributed by atoms with Crippen molar-refractivity contribution in [1.29, 1.82) is 0 Å². The van der Waals surface area contributed by atoms with Crippen LogP contribution in [0.2, 0.25) is 5.02 Å². The molecule has 4 heteroatoms. The summed E-state index contributed by atoms with van der Waals surface area (Å²) in [5, 5.41) is 3.25. The lowest BCUT2D eigenvalue weighted by Gasteiger charge is -2.03. The van der Waals surface area contributed by atoms with Crippen molar-refractivity contribution in [2.24, 2.45) is 0 Å². The molecule has 96 valence electrons. The summed E-state index contributed by atoms with van der Waals surface area (Å²) in [6.45, 7) is 0. The standard InChI is InChI=1S/C15H11BrClNO/c16-12-5-3-4-11(10-12)8-9-15(19)18-14-7-2-1-6-13(14)17/h1-10H,(H,18,19)/b9-8+. The Hall–Kier alpha value is -1.58. The summed E-state index contributed by atoms with van der Waals surface area (Å²) in [5.74, 6) is -0.215. The molecule has 2 aromatic rings. The fraction of sp³-hybridized carbons (Fsp3) is 0. The number of hydrogen-bond acceptors (Lipinski definition) is 1. The number of rotatable bonds is 3. The van der Waals surface area contributed by atoms with Crippen LogP contribution in [0.15, 0.2) is 59.1 Å². The van der Waals surface area contributed by atoms with Crippen molar-refractivity contribution in [3.63, 3.8) is 0 Å². The van der Waals surface area contributed by atoms with Gasteiger partial charge in [-0.05, 0) is 35.9 Å². The van der Waals surface area contributed by atoms with Crippen LogP contribution in [0, 0.1) is 0 Å². The number of halogens is 2. The normalized spacial score (nSPS) is 10.6. The van der Waals surface area contributed by atoms with E-state index in [0.29, 0.717) is 10.7 Å². The second-order valence-electron chi connectivity index (χ2n) is 3.86. The summed E-state index contributed by atoms with van der Waals surface area (Å²) in [6, 6.07) is 14.8. The number of carbonyl (C=O) groups is 1. The fourth-order valence-corrected chi connectivity index (χ4v) is 2.12. The van der Waals surface area contributed by atoms with Gasteiger partial charge in [0.1, 0.15) is 0 Å². The number of para-hydroxylation sites is 1. The molecule has 2 rings (SSSR count). The Labute approximate surface area is 125 Å². The second kappa shape index (κ2) is 6.55. The van der Waals surface area contributed by atoms with E-state index in [2.05, 4.69) is 21.2 Å². The maximum Gasteiger partial charge on any atom is 0.248 e. The van der Waals surface area contributed by atoms with Gasteiger partial charge in [-0.1, -0.05) is 51.8 Å². The highest BCUT2D eigenvalue weighted by Crippen LogP contribution is 2.20. The molecule has 0 bridgehead atoms. The highest BCUT2D eigenvalue weighted by Gasteiger charge is 2.01. The first-order valence-corrected chi connectivity index (χ1v) is 6.81. The monoisotopic (exact) mass is 335 g/mol. The van der Waals surface area contributed by atoms with Crippen LogP contribution in [0.25, 0.3) is 6.08 Å². The van der Waals surface area contributed by atoms with E-state index in [1.165, 1.54) is 6.08 Å². The van der Waals surface area contributed by atoms with Crippen LogP contribution in [0.4, 0.5) is 5.69 Å². The molecule has 19 heavy (non-hydrogen) atoms. The molecule has 0 radical (unpaired) electrons. The van der Waals surface area contributed by atoms with Crippen molar-refractivity contribution >= 4 is 45.2 Å². The lowest BCUT2D eigenvalue weighted by molar-refractivity contribution is -0.111. The van der Waals surface area contributed by atoms with Crippen LogP contribution >= 0.6 is 27.5 Å². The lowest BCUT2D eigenvalue weighted by Crippen LogP contribution is -2.07. The van der Waals surface area contributed by atoms with E-state index in [1.807, 2.05) is 36.4 Å². The number of amides is 1. The van der Waals surface area contributed by atoms with Gasteiger partial charge in [0.05, 0.1) is 10.7 Å². The molecule has 0 aliphatic heterocycles. The maximum atomic E-state index is 11.8. The van der Waals surface area contributed by atoms with Gasteiger partial charge >= 0.3 is 0 Å². The zero-order valence-corrected chi connectivity index (χ0v) is 12.3. The minimum Gasteiger partial charge on any atom is -0.321 e. The van der Waals surface area contributed by atoms with Crippen LogP contribution in [-0.4, -0.2) is 5.91 Å². The molecule has 1 N–H and O–H groups in total. The van der Waals surface area contributed by atoms with Gasteiger partial charge in [-0.25, -0.2) is 0 Å². The molecule has 0 atom stereocenters. The third-order valence-corrected chi connectivity index (χ3v) is 3.23. The number of anilines is 1. The Bertz CT molecular complexity index is 625. The van der Waals surface area contributed by atoms with Crippen LogP contribution in [-0.2, 0) is 4.79 Å². The number of carbonyl (C=O) groups excluding carboxylic acids is 1. The third kappa shape index (κ3) is 4.23. The van der Waals surface area contributed by atoms with Crippen molar-refractivity contribution in [3.8, 4) is 0 Å². The first-order chi connectivity index (χ1) is 9.15. The second-order valence-corrected chi connectivity index (χ2v) is 5.18. The largest absolute Gasteiger partial charge is 0.321 e. The Balaban J connectivity index is 2.04. The van der Waals surface area contributed by atoms with Crippen LogP contribution in [0.5, 0.6) is 0 Å². The van der Waals surface area contributed by atoms with Gasteiger partial charge in [-0.2, -0.15) is 0 Å². The molecule has 0 heterocycles. The Morgan fingerprint density at radius 2 is 1.95 bits per heavy atom. The summed E-state index contributed by atoms with van der Waals surface area (Å²) in [5.41, 5.74) is 1.55. The fourth-order valence-electron chi connectivity index (χ4n) is 1.52. The zero-order valence-electron chi connectivity index (χ0n) is 9.94. The van der Waals surface area contributed by atoms with Crippen LogP contribution in [0.1, 0.15) is 5.56 Å². The van der Waals surface area contributed by atoms with Crippen LogP contribution < -0.4 is 5.32 Å². The molecule has 0 spiro atoms. The Morgan fingerprint density at radius 3 is 2.68 bits per heavy atom. The Kier molecular flexibility index (Phi) is 4.77. The SMILES string of the molecule is O=C(/C=C/c1cccc(Br)c1)Nc1ccccc1Cl. The molecule has 0 unspecified atom stereocenters. The number of hydrogen-bond donors (Lipinski definition) is 1. The molecule has 0 saturated carbocycles. The molecular formula is C15H11BrClNO. The lowest BCUT2D eigenvalue weighted by atomic mass is 10.2. The summed E-state index contributed by atoms with van der Waals surface area (Å²) < 4.78 is 0.973. The van der Waals surface area contributed by atoms with E-state index in [0.717, 1.165) is 10.0 Å². The highest BCUT2D eigenvalue weighted by atomic mass is 79.9. The maximum absolute atomic E-state index is 11.8. The van der Waals surface area contributed by atoms with Crippen molar-refractivity contribution in [2.45, 2.75) is 0 Å². The molecular weight excluding hydrogens is 326 g/mol. The van der Waals surface area contributed by atoms with E-state index in [1.54, 1.807) is 18.2 Å². The molecule has 2 nitrogen and oxygen atoms in total. The molecule has 0 aliphatic rings. The zero-order chi connectivity index (χ0) is 13.7. The van der Waals surface area contributed by atoms with E-state index < -0.39 is 0 Å². The van der Waals surface area contributed by atoms with E-state index >= 15 is 0 Å². The van der Waals surface area contributed by atoms with Gasteiger partial charge in [0.15, 0.2) is 0 Å². The topological polar surface area (TPSA) is 29.1 Å². The minimum atomic E-state index is -0.215. The highest BCUT2D eigenvalue weighted by molar-refractivity contribution is 9.10. The Morgan fingerprint density at radius 1 is 1.16 bits per heavy atom. The minimum absolute atomic E-state index is 0.215. The summed E-state index contributed by atoms with van der Waals surface area (Å²) >= 11 is 9.34. The quantitative estimate of drug-likeness (QED) is 0.805. The molecule has 1 amide bonds. The smallest absolute Gasteiger partial charge is 0.248 e. The van der Waals surface area contributed by atoms with Gasteiger partial charge in [0.2, 0.25) is 5.91 Å². The first-order valence-electron chi connectivity index (χ1n) is 5.64. The summed E-state index contributed by atoms with van der Waals surface area (Å²) in [4.78, 5) is 11.8. The van der Waals surface area contributed by atoms with Gasteiger partial charge in [-0.15, -0.1) is 0 Å². The molecule has 0 aromatic heterocycles. The number of nitrogens with one attached hydrogen (secondary N) is 1. The van der Waals surface area contributed by atoms with Crippen molar-refractivity contribution in [1.82, 2.24) is 0 Å².